The van der Waals surface area contributed by atoms with E-state index in [1.807, 2.05) is 48.5 Å². The molecule has 0 aliphatic carbocycles. The Morgan fingerprint density at radius 1 is 0.857 bits per heavy atom. The van der Waals surface area contributed by atoms with Crippen LogP contribution >= 0.6 is 0 Å². The van der Waals surface area contributed by atoms with Gasteiger partial charge in [-0.3, -0.25) is 4.98 Å². The monoisotopic (exact) mass is 278 g/mol. The first-order chi connectivity index (χ1) is 10.4. The lowest BCUT2D eigenvalue weighted by Crippen LogP contribution is -2.00. The zero-order chi connectivity index (χ0) is 14.5. The number of hydrogen-bond acceptors (Lipinski definition) is 5. The van der Waals surface area contributed by atoms with Gasteiger partial charge >= 0.3 is 0 Å². The summed E-state index contributed by atoms with van der Waals surface area (Å²) in [5.74, 6) is 1.97. The van der Waals surface area contributed by atoms with Gasteiger partial charge in [0, 0.05) is 12.4 Å². The van der Waals surface area contributed by atoms with Crippen LogP contribution in [0.5, 0.6) is 5.75 Å². The number of methoxy groups -OCH3 is 1. The van der Waals surface area contributed by atoms with Gasteiger partial charge in [-0.2, -0.15) is 0 Å². The number of nitrogens with zero attached hydrogens (tertiary/aromatic N) is 3. The molecule has 0 fully saturated rings. The van der Waals surface area contributed by atoms with E-state index in [2.05, 4.69) is 20.3 Å². The number of hydrogen-bond donors (Lipinski definition) is 1. The molecular formula is C16H14N4O. The van der Waals surface area contributed by atoms with Crippen molar-refractivity contribution in [3.8, 4) is 17.1 Å². The molecule has 3 aromatic rings. The highest BCUT2D eigenvalue weighted by molar-refractivity contribution is 5.65. The van der Waals surface area contributed by atoms with Gasteiger partial charge in [0.05, 0.1) is 18.5 Å². The largest absolute Gasteiger partial charge is 0.493 e. The lowest BCUT2D eigenvalue weighted by Gasteiger charge is -2.11. The van der Waals surface area contributed by atoms with Crippen LogP contribution in [0.25, 0.3) is 11.4 Å². The van der Waals surface area contributed by atoms with Gasteiger partial charge in [-0.15, -0.1) is 0 Å². The van der Waals surface area contributed by atoms with Crippen molar-refractivity contribution >= 4 is 11.6 Å². The number of rotatable bonds is 4. The minimum Gasteiger partial charge on any atom is -0.493 e. The van der Waals surface area contributed by atoms with E-state index >= 15 is 0 Å². The van der Waals surface area contributed by atoms with Gasteiger partial charge in [0.1, 0.15) is 5.82 Å². The Hall–Kier alpha value is -2.95. The molecule has 104 valence electrons. The molecule has 0 aromatic carbocycles. The van der Waals surface area contributed by atoms with Gasteiger partial charge in [-0.05, 0) is 36.4 Å². The Balaban J connectivity index is 1.98. The molecule has 0 aliphatic heterocycles. The van der Waals surface area contributed by atoms with Gasteiger partial charge in [0.15, 0.2) is 11.6 Å². The molecule has 0 bridgehead atoms. The number of pyridine rings is 3. The molecular weight excluding hydrogens is 264 g/mol. The summed E-state index contributed by atoms with van der Waals surface area (Å²) in [5.41, 5.74) is 1.58. The molecule has 3 aromatic heterocycles. The Labute approximate surface area is 122 Å². The van der Waals surface area contributed by atoms with Crippen LogP contribution in [0.15, 0.2) is 60.9 Å². The molecule has 3 heterocycles. The standard InChI is InChI=1S/C16H14N4O/c1-21-14-9-8-13(12-6-2-4-10-17-12)19-16(14)20-15-7-3-5-11-18-15/h2-11H,1H3,(H,18,19,20). The smallest absolute Gasteiger partial charge is 0.175 e. The average molecular weight is 278 g/mol. The van der Waals surface area contributed by atoms with E-state index in [0.29, 0.717) is 17.4 Å². The lowest BCUT2D eigenvalue weighted by atomic mass is 10.2. The van der Waals surface area contributed by atoms with E-state index in [1.165, 1.54) is 0 Å². The minimum absolute atomic E-state index is 0.611. The van der Waals surface area contributed by atoms with Crippen molar-refractivity contribution in [2.24, 2.45) is 0 Å². The van der Waals surface area contributed by atoms with Crippen molar-refractivity contribution in [2.45, 2.75) is 0 Å². The normalized spacial score (nSPS) is 10.1. The molecule has 0 amide bonds. The predicted octanol–water partition coefficient (Wildman–Crippen LogP) is 3.29. The molecule has 0 saturated heterocycles. The van der Waals surface area contributed by atoms with Crippen molar-refractivity contribution in [3.63, 3.8) is 0 Å². The molecule has 21 heavy (non-hydrogen) atoms. The van der Waals surface area contributed by atoms with Crippen LogP contribution in [0, 0.1) is 0 Å². The number of aromatic nitrogens is 3. The number of nitrogens with one attached hydrogen (secondary N) is 1. The summed E-state index contributed by atoms with van der Waals surface area (Å²) in [6.07, 6.45) is 3.46. The van der Waals surface area contributed by atoms with Gasteiger partial charge in [0.2, 0.25) is 0 Å². The van der Waals surface area contributed by atoms with E-state index in [4.69, 9.17) is 4.74 Å². The molecule has 0 spiro atoms. The third-order valence-corrected chi connectivity index (χ3v) is 2.92. The zero-order valence-electron chi connectivity index (χ0n) is 11.5. The average Bonchev–Trinajstić information content (AvgIpc) is 2.56. The van der Waals surface area contributed by atoms with Crippen LogP contribution in [0.2, 0.25) is 0 Å². The van der Waals surface area contributed by atoms with Crippen LogP contribution in [0.1, 0.15) is 0 Å². The zero-order valence-corrected chi connectivity index (χ0v) is 11.5. The van der Waals surface area contributed by atoms with E-state index in [1.54, 1.807) is 19.5 Å². The lowest BCUT2D eigenvalue weighted by molar-refractivity contribution is 0.415. The summed E-state index contributed by atoms with van der Waals surface area (Å²) in [5, 5.41) is 3.16. The summed E-state index contributed by atoms with van der Waals surface area (Å²) in [4.78, 5) is 13.1. The highest BCUT2D eigenvalue weighted by Gasteiger charge is 2.09. The van der Waals surface area contributed by atoms with E-state index < -0.39 is 0 Å². The number of anilines is 2. The molecule has 1 N–H and O–H groups in total. The second kappa shape index (κ2) is 6.00. The van der Waals surface area contributed by atoms with E-state index in [-0.39, 0.29) is 0 Å². The predicted molar refractivity (Wildman–Crippen MR) is 81.5 cm³/mol. The molecule has 5 nitrogen and oxygen atoms in total. The summed E-state index contributed by atoms with van der Waals surface area (Å²) < 4.78 is 5.34. The van der Waals surface area contributed by atoms with Gasteiger partial charge < -0.3 is 10.1 Å². The topological polar surface area (TPSA) is 59.9 Å². The first kappa shape index (κ1) is 13.1. The van der Waals surface area contributed by atoms with Crippen molar-refractivity contribution < 1.29 is 4.74 Å². The molecule has 5 heteroatoms. The quantitative estimate of drug-likeness (QED) is 0.793. The fraction of sp³-hybridized carbons (Fsp3) is 0.0625. The van der Waals surface area contributed by atoms with Crippen LogP contribution in [-0.2, 0) is 0 Å². The maximum Gasteiger partial charge on any atom is 0.175 e. The SMILES string of the molecule is COc1ccc(-c2ccccn2)nc1Nc1ccccn1. The second-order valence-corrected chi connectivity index (χ2v) is 4.30. The molecule has 0 saturated carbocycles. The Morgan fingerprint density at radius 3 is 2.33 bits per heavy atom. The van der Waals surface area contributed by atoms with Gasteiger partial charge in [0.25, 0.3) is 0 Å². The van der Waals surface area contributed by atoms with E-state index in [0.717, 1.165) is 11.4 Å². The Morgan fingerprint density at radius 2 is 1.67 bits per heavy atom. The Bertz CT molecular complexity index is 717. The fourth-order valence-corrected chi connectivity index (χ4v) is 1.92. The molecule has 0 radical (unpaired) electrons. The van der Waals surface area contributed by atoms with Crippen molar-refractivity contribution in [2.75, 3.05) is 12.4 Å². The van der Waals surface area contributed by atoms with Crippen LogP contribution in [0.3, 0.4) is 0 Å². The molecule has 0 aliphatic rings. The first-order valence-electron chi connectivity index (χ1n) is 6.51. The molecule has 0 atom stereocenters. The first-order valence-corrected chi connectivity index (χ1v) is 6.51. The van der Waals surface area contributed by atoms with Gasteiger partial charge in [-0.1, -0.05) is 12.1 Å². The van der Waals surface area contributed by atoms with Crippen molar-refractivity contribution in [1.82, 2.24) is 15.0 Å². The van der Waals surface area contributed by atoms with Crippen LogP contribution < -0.4 is 10.1 Å². The maximum atomic E-state index is 5.34. The second-order valence-electron chi connectivity index (χ2n) is 4.30. The summed E-state index contributed by atoms with van der Waals surface area (Å²) in [7, 11) is 1.61. The summed E-state index contributed by atoms with van der Waals surface area (Å²) >= 11 is 0. The summed E-state index contributed by atoms with van der Waals surface area (Å²) in [6, 6.07) is 15.1. The Kier molecular flexibility index (Phi) is 3.73. The highest BCUT2D eigenvalue weighted by Crippen LogP contribution is 2.27. The van der Waals surface area contributed by atoms with Gasteiger partial charge in [-0.25, -0.2) is 9.97 Å². The minimum atomic E-state index is 0.611. The highest BCUT2D eigenvalue weighted by atomic mass is 16.5. The van der Waals surface area contributed by atoms with Crippen LogP contribution in [-0.4, -0.2) is 22.1 Å². The maximum absolute atomic E-state index is 5.34. The van der Waals surface area contributed by atoms with Crippen LogP contribution in [0.4, 0.5) is 11.6 Å². The van der Waals surface area contributed by atoms with Crippen molar-refractivity contribution in [1.29, 1.82) is 0 Å². The molecule has 0 unspecified atom stereocenters. The third-order valence-electron chi connectivity index (χ3n) is 2.92. The fourth-order valence-electron chi connectivity index (χ4n) is 1.92. The molecule has 3 rings (SSSR count). The number of ether oxygens (including phenoxy) is 1. The summed E-state index contributed by atoms with van der Waals surface area (Å²) in [6.45, 7) is 0. The van der Waals surface area contributed by atoms with E-state index in [9.17, 15) is 0 Å². The van der Waals surface area contributed by atoms with Crippen molar-refractivity contribution in [3.05, 3.63) is 60.9 Å². The third kappa shape index (κ3) is 2.97.